The summed E-state index contributed by atoms with van der Waals surface area (Å²) in [6, 6.07) is 6.12. The van der Waals surface area contributed by atoms with E-state index >= 15 is 0 Å². The van der Waals surface area contributed by atoms with E-state index in [0.29, 0.717) is 0 Å². The fourth-order valence-corrected chi connectivity index (χ4v) is 3.21. The van der Waals surface area contributed by atoms with E-state index in [1.807, 2.05) is 32.2 Å². The van der Waals surface area contributed by atoms with Crippen LogP contribution in [0.5, 0.6) is 0 Å². The summed E-state index contributed by atoms with van der Waals surface area (Å²) < 4.78 is 0. The molecule has 0 amide bonds. The third kappa shape index (κ3) is 2.71. The number of rotatable bonds is 4. The third-order valence-corrected chi connectivity index (χ3v) is 4.22. The molecule has 1 aromatic carbocycles. The van der Waals surface area contributed by atoms with Gasteiger partial charge in [0.2, 0.25) is 0 Å². The minimum atomic E-state index is 0.281. The number of nitrogens with zero attached hydrogens (tertiary/aromatic N) is 2. The Morgan fingerprint density at radius 2 is 2.17 bits per heavy atom. The highest BCUT2D eigenvalue weighted by molar-refractivity contribution is 7.14. The molecule has 0 saturated carbocycles. The second-order valence-corrected chi connectivity index (χ2v) is 5.60. The van der Waals surface area contributed by atoms with Crippen LogP contribution in [0.15, 0.2) is 18.2 Å². The van der Waals surface area contributed by atoms with Crippen molar-refractivity contribution in [1.82, 2.24) is 15.5 Å². The molecule has 1 aromatic heterocycles. The number of hydrogen-bond acceptors (Lipinski definition) is 4. The van der Waals surface area contributed by atoms with Gasteiger partial charge in [-0.05, 0) is 38.1 Å². The molecule has 0 aliphatic heterocycles. The van der Waals surface area contributed by atoms with Crippen LogP contribution < -0.4 is 5.32 Å². The van der Waals surface area contributed by atoms with Crippen molar-refractivity contribution in [2.24, 2.45) is 0 Å². The molecular weight excluding hydrogens is 266 g/mol. The first kappa shape index (κ1) is 13.5. The molecule has 1 N–H and O–H groups in total. The summed E-state index contributed by atoms with van der Waals surface area (Å²) in [6.07, 6.45) is 1.00. The molecule has 0 aliphatic carbocycles. The summed E-state index contributed by atoms with van der Waals surface area (Å²) in [7, 11) is 1.95. The van der Waals surface area contributed by atoms with Gasteiger partial charge < -0.3 is 5.32 Å². The van der Waals surface area contributed by atoms with Gasteiger partial charge in [0, 0.05) is 10.6 Å². The van der Waals surface area contributed by atoms with E-state index in [1.54, 1.807) is 11.3 Å². The maximum Gasteiger partial charge on any atom is 0.148 e. The largest absolute Gasteiger partial charge is 0.311 e. The molecule has 2 aromatic rings. The fraction of sp³-hybridized carbons (Fsp3) is 0.385. The molecule has 1 unspecified atom stereocenters. The van der Waals surface area contributed by atoms with Crippen molar-refractivity contribution in [3.8, 4) is 10.6 Å². The van der Waals surface area contributed by atoms with Crippen LogP contribution in [-0.4, -0.2) is 17.2 Å². The van der Waals surface area contributed by atoms with Crippen LogP contribution >= 0.6 is 22.9 Å². The van der Waals surface area contributed by atoms with E-state index in [1.165, 1.54) is 0 Å². The molecule has 0 fully saturated rings. The quantitative estimate of drug-likeness (QED) is 0.925. The Morgan fingerprint density at radius 3 is 2.78 bits per heavy atom. The summed E-state index contributed by atoms with van der Waals surface area (Å²) in [6.45, 7) is 4.17. The van der Waals surface area contributed by atoms with E-state index in [0.717, 1.165) is 32.6 Å². The highest BCUT2D eigenvalue weighted by Crippen LogP contribution is 2.31. The van der Waals surface area contributed by atoms with Crippen molar-refractivity contribution >= 4 is 22.9 Å². The monoisotopic (exact) mass is 281 g/mol. The molecule has 1 heterocycles. The van der Waals surface area contributed by atoms with Crippen LogP contribution in [0, 0.1) is 6.92 Å². The van der Waals surface area contributed by atoms with Gasteiger partial charge in [-0.25, -0.2) is 0 Å². The van der Waals surface area contributed by atoms with Crippen LogP contribution in [0.3, 0.4) is 0 Å². The predicted molar refractivity (Wildman–Crippen MR) is 77.2 cm³/mol. The Morgan fingerprint density at radius 1 is 1.39 bits per heavy atom. The first-order valence-corrected chi connectivity index (χ1v) is 7.12. The average molecular weight is 282 g/mol. The minimum Gasteiger partial charge on any atom is -0.311 e. The molecule has 0 bridgehead atoms. The maximum absolute atomic E-state index is 5.96. The number of halogens is 1. The maximum atomic E-state index is 5.96. The first-order valence-electron chi connectivity index (χ1n) is 5.93. The molecule has 0 spiro atoms. The smallest absolute Gasteiger partial charge is 0.148 e. The number of benzene rings is 1. The molecule has 96 valence electrons. The molecule has 18 heavy (non-hydrogen) atoms. The summed E-state index contributed by atoms with van der Waals surface area (Å²) in [5.74, 6) is 0. The van der Waals surface area contributed by atoms with Gasteiger partial charge in [-0.2, -0.15) is 0 Å². The molecule has 1 atom stereocenters. The lowest BCUT2D eigenvalue weighted by atomic mass is 10.1. The van der Waals surface area contributed by atoms with E-state index in [2.05, 4.69) is 22.4 Å². The van der Waals surface area contributed by atoms with Gasteiger partial charge in [0.25, 0.3) is 0 Å². The van der Waals surface area contributed by atoms with Crippen molar-refractivity contribution in [3.05, 3.63) is 33.8 Å². The van der Waals surface area contributed by atoms with Crippen LogP contribution in [0.1, 0.15) is 30.0 Å². The fourth-order valence-electron chi connectivity index (χ4n) is 1.85. The molecule has 0 radical (unpaired) electrons. The van der Waals surface area contributed by atoms with E-state index in [-0.39, 0.29) is 6.04 Å². The van der Waals surface area contributed by atoms with E-state index in [4.69, 9.17) is 11.6 Å². The van der Waals surface area contributed by atoms with E-state index in [9.17, 15) is 0 Å². The van der Waals surface area contributed by atoms with E-state index < -0.39 is 0 Å². The molecule has 2 rings (SSSR count). The second-order valence-electron chi connectivity index (χ2n) is 4.15. The molecular formula is C13H16ClN3S. The lowest BCUT2D eigenvalue weighted by molar-refractivity contribution is 0.568. The molecule has 3 nitrogen and oxygen atoms in total. The Bertz CT molecular complexity index is 535. The topological polar surface area (TPSA) is 37.8 Å². The summed E-state index contributed by atoms with van der Waals surface area (Å²) in [5, 5.41) is 14.5. The van der Waals surface area contributed by atoms with Gasteiger partial charge in [-0.3, -0.25) is 0 Å². The number of nitrogens with one attached hydrogen (secondary N) is 1. The lowest BCUT2D eigenvalue weighted by Crippen LogP contribution is -2.14. The zero-order chi connectivity index (χ0) is 13.1. The standard InChI is InChI=1S/C13H16ClN3S/c1-4-11(15-3)13-17-16-12(18-13)10-6-5-9(14)7-8(10)2/h5-7,11,15H,4H2,1-3H3. The Balaban J connectivity index is 2.34. The van der Waals surface area contributed by atoms with Crippen LogP contribution in [0.4, 0.5) is 0 Å². The summed E-state index contributed by atoms with van der Waals surface area (Å²) >= 11 is 7.60. The highest BCUT2D eigenvalue weighted by Gasteiger charge is 2.14. The van der Waals surface area contributed by atoms with Gasteiger partial charge >= 0.3 is 0 Å². The van der Waals surface area contributed by atoms with Gasteiger partial charge in [0.1, 0.15) is 10.0 Å². The molecule has 0 saturated heterocycles. The number of hydrogen-bond donors (Lipinski definition) is 1. The van der Waals surface area contributed by atoms with Crippen molar-refractivity contribution in [2.75, 3.05) is 7.05 Å². The Labute approximate surface area is 116 Å². The van der Waals surface area contributed by atoms with Gasteiger partial charge in [-0.1, -0.05) is 35.9 Å². The van der Waals surface area contributed by atoms with Crippen molar-refractivity contribution in [2.45, 2.75) is 26.3 Å². The second kappa shape index (κ2) is 5.78. The van der Waals surface area contributed by atoms with Crippen molar-refractivity contribution in [1.29, 1.82) is 0 Å². The zero-order valence-corrected chi connectivity index (χ0v) is 12.3. The lowest BCUT2D eigenvalue weighted by Gasteiger charge is -2.08. The molecule has 0 aliphatic rings. The summed E-state index contributed by atoms with van der Waals surface area (Å²) in [5.41, 5.74) is 2.23. The highest BCUT2D eigenvalue weighted by atomic mass is 35.5. The normalized spacial score (nSPS) is 12.7. The van der Waals surface area contributed by atoms with Crippen LogP contribution in [-0.2, 0) is 0 Å². The number of aryl methyl sites for hydroxylation is 1. The predicted octanol–water partition coefficient (Wildman–Crippen LogP) is 3.84. The zero-order valence-electron chi connectivity index (χ0n) is 10.7. The molecule has 5 heteroatoms. The summed E-state index contributed by atoms with van der Waals surface area (Å²) in [4.78, 5) is 0. The van der Waals surface area contributed by atoms with Crippen LogP contribution in [0.2, 0.25) is 5.02 Å². The van der Waals surface area contributed by atoms with Crippen molar-refractivity contribution in [3.63, 3.8) is 0 Å². The Hall–Kier alpha value is -0.970. The first-order chi connectivity index (χ1) is 8.65. The average Bonchev–Trinajstić information content (AvgIpc) is 2.80. The van der Waals surface area contributed by atoms with Crippen LogP contribution in [0.25, 0.3) is 10.6 Å². The number of aromatic nitrogens is 2. The minimum absolute atomic E-state index is 0.281. The SMILES string of the molecule is CCC(NC)c1nnc(-c2ccc(Cl)cc2C)s1. The van der Waals surface area contributed by atoms with Gasteiger partial charge in [0.05, 0.1) is 6.04 Å². The third-order valence-electron chi connectivity index (χ3n) is 2.91. The van der Waals surface area contributed by atoms with Gasteiger partial charge in [-0.15, -0.1) is 10.2 Å². The van der Waals surface area contributed by atoms with Gasteiger partial charge in [0.15, 0.2) is 0 Å². The Kier molecular flexibility index (Phi) is 4.32. The van der Waals surface area contributed by atoms with Crippen molar-refractivity contribution < 1.29 is 0 Å².